The molecular formula is C13H19NO2. The molecule has 3 heteroatoms. The summed E-state index contributed by atoms with van der Waals surface area (Å²) in [4.78, 5) is 2.17. The second-order valence-electron chi connectivity index (χ2n) is 4.40. The Morgan fingerprint density at radius 3 is 2.81 bits per heavy atom. The van der Waals surface area contributed by atoms with E-state index in [2.05, 4.69) is 17.0 Å². The van der Waals surface area contributed by atoms with Gasteiger partial charge in [0.05, 0.1) is 18.8 Å². The van der Waals surface area contributed by atoms with Gasteiger partial charge in [0.1, 0.15) is 0 Å². The summed E-state index contributed by atoms with van der Waals surface area (Å²) < 4.78 is 5.41. The van der Waals surface area contributed by atoms with Crippen molar-refractivity contribution in [2.45, 2.75) is 25.1 Å². The van der Waals surface area contributed by atoms with Gasteiger partial charge in [-0.05, 0) is 19.0 Å². The van der Waals surface area contributed by atoms with Gasteiger partial charge in [0, 0.05) is 13.2 Å². The van der Waals surface area contributed by atoms with E-state index < -0.39 is 0 Å². The largest absolute Gasteiger partial charge is 0.391 e. The molecule has 0 aromatic heterocycles. The van der Waals surface area contributed by atoms with Crippen LogP contribution in [0.4, 0.5) is 0 Å². The first-order valence-corrected chi connectivity index (χ1v) is 5.77. The van der Waals surface area contributed by atoms with Crippen LogP contribution in [0.3, 0.4) is 0 Å². The lowest BCUT2D eigenvalue weighted by atomic mass is 10.0. The summed E-state index contributed by atoms with van der Waals surface area (Å²) in [6, 6.07) is 10.4. The van der Waals surface area contributed by atoms with Crippen LogP contribution in [0.1, 0.15) is 12.0 Å². The highest BCUT2D eigenvalue weighted by Crippen LogP contribution is 2.15. The monoisotopic (exact) mass is 221 g/mol. The Labute approximate surface area is 96.6 Å². The van der Waals surface area contributed by atoms with Crippen LogP contribution in [0.5, 0.6) is 0 Å². The number of ether oxygens (including phenoxy) is 1. The molecule has 1 fully saturated rings. The fraction of sp³-hybridized carbons (Fsp3) is 0.538. The van der Waals surface area contributed by atoms with Gasteiger partial charge >= 0.3 is 0 Å². The van der Waals surface area contributed by atoms with Gasteiger partial charge in [-0.1, -0.05) is 30.3 Å². The normalized spacial score (nSPS) is 25.9. The van der Waals surface area contributed by atoms with Gasteiger partial charge in [-0.15, -0.1) is 0 Å². The van der Waals surface area contributed by atoms with E-state index in [-0.39, 0.29) is 12.1 Å². The van der Waals surface area contributed by atoms with Gasteiger partial charge < -0.3 is 9.84 Å². The van der Waals surface area contributed by atoms with Crippen molar-refractivity contribution in [3.05, 3.63) is 35.9 Å². The molecule has 1 aromatic carbocycles. The van der Waals surface area contributed by atoms with Crippen LogP contribution in [-0.4, -0.2) is 42.4 Å². The van der Waals surface area contributed by atoms with Crippen LogP contribution in [0, 0.1) is 0 Å². The molecular weight excluding hydrogens is 202 g/mol. The lowest BCUT2D eigenvalue weighted by molar-refractivity contribution is -0.0563. The molecule has 1 saturated heterocycles. The Bertz CT molecular complexity index is 315. The first-order chi connectivity index (χ1) is 7.77. The smallest absolute Gasteiger partial charge is 0.0739 e. The quantitative estimate of drug-likeness (QED) is 0.834. The zero-order chi connectivity index (χ0) is 11.4. The van der Waals surface area contributed by atoms with Crippen LogP contribution in [0.2, 0.25) is 0 Å². The Morgan fingerprint density at radius 1 is 1.38 bits per heavy atom. The second kappa shape index (κ2) is 5.43. The molecule has 2 rings (SSSR count). The number of rotatable bonds is 3. The minimum Gasteiger partial charge on any atom is -0.391 e. The van der Waals surface area contributed by atoms with Crippen molar-refractivity contribution in [1.82, 2.24) is 4.90 Å². The molecule has 0 spiro atoms. The van der Waals surface area contributed by atoms with Gasteiger partial charge in [-0.25, -0.2) is 0 Å². The molecule has 0 radical (unpaired) electrons. The predicted molar refractivity (Wildman–Crippen MR) is 63.1 cm³/mol. The highest BCUT2D eigenvalue weighted by molar-refractivity contribution is 5.14. The summed E-state index contributed by atoms with van der Waals surface area (Å²) in [6.45, 7) is 2.16. The molecule has 88 valence electrons. The highest BCUT2D eigenvalue weighted by atomic mass is 16.5. The van der Waals surface area contributed by atoms with E-state index in [9.17, 15) is 5.11 Å². The maximum absolute atomic E-state index is 9.90. The molecule has 2 unspecified atom stereocenters. The Hall–Kier alpha value is -0.900. The fourth-order valence-electron chi connectivity index (χ4n) is 2.12. The SMILES string of the molecule is CN(Cc1ccccc1)C1COCCC1O. The number of hydrogen-bond acceptors (Lipinski definition) is 3. The molecule has 1 N–H and O–H groups in total. The van der Waals surface area contributed by atoms with Crippen molar-refractivity contribution in [2.24, 2.45) is 0 Å². The maximum Gasteiger partial charge on any atom is 0.0739 e. The van der Waals surface area contributed by atoms with E-state index >= 15 is 0 Å². The van der Waals surface area contributed by atoms with E-state index in [1.54, 1.807) is 0 Å². The Balaban J connectivity index is 1.94. The summed E-state index contributed by atoms with van der Waals surface area (Å²) in [6.07, 6.45) is 0.478. The van der Waals surface area contributed by atoms with Gasteiger partial charge in [0.15, 0.2) is 0 Å². The Morgan fingerprint density at radius 2 is 2.12 bits per heavy atom. The van der Waals surface area contributed by atoms with E-state index in [1.807, 2.05) is 25.2 Å². The minimum absolute atomic E-state index is 0.119. The first-order valence-electron chi connectivity index (χ1n) is 5.77. The molecule has 1 aromatic rings. The Kier molecular flexibility index (Phi) is 3.93. The summed E-state index contributed by atoms with van der Waals surface area (Å²) in [5.41, 5.74) is 1.27. The van der Waals surface area contributed by atoms with Crippen LogP contribution >= 0.6 is 0 Å². The third kappa shape index (κ3) is 2.82. The topological polar surface area (TPSA) is 32.7 Å². The van der Waals surface area contributed by atoms with Crippen LogP contribution in [0.15, 0.2) is 30.3 Å². The number of aliphatic hydroxyl groups excluding tert-OH is 1. The average molecular weight is 221 g/mol. The van der Waals surface area contributed by atoms with Crippen molar-refractivity contribution in [2.75, 3.05) is 20.3 Å². The minimum atomic E-state index is -0.262. The third-order valence-electron chi connectivity index (χ3n) is 3.13. The molecule has 3 nitrogen and oxygen atoms in total. The van der Waals surface area contributed by atoms with Gasteiger partial charge in [0.2, 0.25) is 0 Å². The summed E-state index contributed by atoms with van der Waals surface area (Å²) in [5.74, 6) is 0. The number of aliphatic hydroxyl groups is 1. The molecule has 0 saturated carbocycles. The fourth-order valence-corrected chi connectivity index (χ4v) is 2.12. The number of hydrogen-bond donors (Lipinski definition) is 1. The van der Waals surface area contributed by atoms with Crippen molar-refractivity contribution < 1.29 is 9.84 Å². The molecule has 0 amide bonds. The molecule has 0 aliphatic carbocycles. The lowest BCUT2D eigenvalue weighted by Gasteiger charge is -2.35. The maximum atomic E-state index is 9.90. The van der Waals surface area contributed by atoms with Crippen molar-refractivity contribution >= 4 is 0 Å². The predicted octanol–water partition coefficient (Wildman–Crippen LogP) is 1.27. The zero-order valence-electron chi connectivity index (χ0n) is 9.67. The third-order valence-corrected chi connectivity index (χ3v) is 3.13. The number of likely N-dealkylation sites (N-methyl/N-ethyl adjacent to an activating group) is 1. The van der Waals surface area contributed by atoms with Crippen molar-refractivity contribution in [3.8, 4) is 0 Å². The van der Waals surface area contributed by atoms with E-state index in [0.717, 1.165) is 13.0 Å². The van der Waals surface area contributed by atoms with E-state index in [4.69, 9.17) is 4.74 Å². The van der Waals surface area contributed by atoms with Crippen molar-refractivity contribution in [3.63, 3.8) is 0 Å². The van der Waals surface area contributed by atoms with Gasteiger partial charge in [-0.2, -0.15) is 0 Å². The van der Waals surface area contributed by atoms with Gasteiger partial charge in [0.25, 0.3) is 0 Å². The summed E-state index contributed by atoms with van der Waals surface area (Å²) in [7, 11) is 2.04. The van der Waals surface area contributed by atoms with Crippen LogP contribution < -0.4 is 0 Å². The molecule has 16 heavy (non-hydrogen) atoms. The average Bonchev–Trinajstić information content (AvgIpc) is 2.31. The standard InChI is InChI=1S/C13H19NO2/c1-14(9-11-5-3-2-4-6-11)12-10-16-8-7-13(12)15/h2-6,12-13,15H,7-10H2,1H3. The highest BCUT2D eigenvalue weighted by Gasteiger charge is 2.27. The second-order valence-corrected chi connectivity index (χ2v) is 4.40. The first kappa shape index (κ1) is 11.6. The molecule has 1 heterocycles. The lowest BCUT2D eigenvalue weighted by Crippen LogP contribution is -2.47. The number of benzene rings is 1. The van der Waals surface area contributed by atoms with E-state index in [1.165, 1.54) is 5.56 Å². The van der Waals surface area contributed by atoms with Crippen molar-refractivity contribution in [1.29, 1.82) is 0 Å². The van der Waals surface area contributed by atoms with Gasteiger partial charge in [-0.3, -0.25) is 4.90 Å². The molecule has 0 bridgehead atoms. The zero-order valence-corrected chi connectivity index (χ0v) is 9.67. The van der Waals surface area contributed by atoms with Crippen LogP contribution in [0.25, 0.3) is 0 Å². The number of nitrogens with zero attached hydrogens (tertiary/aromatic N) is 1. The summed E-state index contributed by atoms with van der Waals surface area (Å²) >= 11 is 0. The van der Waals surface area contributed by atoms with E-state index in [0.29, 0.717) is 13.2 Å². The summed E-state index contributed by atoms with van der Waals surface area (Å²) in [5, 5.41) is 9.90. The molecule has 1 aliphatic heterocycles. The molecule has 1 aliphatic rings. The van der Waals surface area contributed by atoms with Crippen LogP contribution in [-0.2, 0) is 11.3 Å². The molecule has 2 atom stereocenters.